The molecule has 0 saturated heterocycles. The molecule has 6 heteroatoms. The van der Waals surface area contributed by atoms with E-state index in [1.165, 1.54) is 18.7 Å². The van der Waals surface area contributed by atoms with Crippen molar-refractivity contribution >= 4 is 17.6 Å². The summed E-state index contributed by atoms with van der Waals surface area (Å²) in [5, 5.41) is 9.85. The molecule has 2 aliphatic rings. The van der Waals surface area contributed by atoms with Gasteiger partial charge in [-0.15, -0.1) is 0 Å². The number of hydrogen-bond acceptors (Lipinski definition) is 5. The van der Waals surface area contributed by atoms with Gasteiger partial charge in [0.2, 0.25) is 5.91 Å². The summed E-state index contributed by atoms with van der Waals surface area (Å²) < 4.78 is 10.5. The molecule has 0 aromatic heterocycles. The van der Waals surface area contributed by atoms with Crippen LogP contribution in [0.4, 0.5) is 5.69 Å². The third-order valence-corrected chi connectivity index (χ3v) is 5.33. The van der Waals surface area contributed by atoms with E-state index in [0.29, 0.717) is 17.0 Å². The quantitative estimate of drug-likeness (QED) is 0.825. The van der Waals surface area contributed by atoms with Crippen molar-refractivity contribution in [2.75, 3.05) is 18.6 Å². The molecule has 1 N–H and O–H groups in total. The molecule has 0 fully saturated rings. The Kier molecular flexibility index (Phi) is 4.55. The van der Waals surface area contributed by atoms with Gasteiger partial charge in [-0.05, 0) is 41.8 Å². The normalized spacial score (nSPS) is 18.9. The SMILES string of the molecule is CCc1ccc(N2C(=O)C[C@H](c3ccc(O)c(OC)c3)C3=C2COC3=O)cc1. The summed E-state index contributed by atoms with van der Waals surface area (Å²) in [5.74, 6) is -0.628. The summed E-state index contributed by atoms with van der Waals surface area (Å²) in [4.78, 5) is 27.1. The summed E-state index contributed by atoms with van der Waals surface area (Å²) in [7, 11) is 1.46. The van der Waals surface area contributed by atoms with Crippen LogP contribution in [0.2, 0.25) is 0 Å². The minimum Gasteiger partial charge on any atom is -0.504 e. The van der Waals surface area contributed by atoms with Crippen molar-refractivity contribution in [3.8, 4) is 11.5 Å². The Morgan fingerprint density at radius 1 is 1.18 bits per heavy atom. The van der Waals surface area contributed by atoms with Gasteiger partial charge >= 0.3 is 5.97 Å². The van der Waals surface area contributed by atoms with Gasteiger partial charge in [0, 0.05) is 18.0 Å². The van der Waals surface area contributed by atoms with Gasteiger partial charge in [0.25, 0.3) is 0 Å². The summed E-state index contributed by atoms with van der Waals surface area (Å²) in [6.07, 6.45) is 1.05. The maximum absolute atomic E-state index is 13.0. The number of phenols is 1. The number of cyclic esters (lactones) is 1. The van der Waals surface area contributed by atoms with Gasteiger partial charge in [-0.25, -0.2) is 4.79 Å². The lowest BCUT2D eigenvalue weighted by atomic mass is 9.84. The zero-order valence-corrected chi connectivity index (χ0v) is 15.8. The van der Waals surface area contributed by atoms with E-state index in [9.17, 15) is 14.7 Å². The average Bonchev–Trinajstić information content (AvgIpc) is 3.09. The van der Waals surface area contributed by atoms with Crippen molar-refractivity contribution in [1.82, 2.24) is 0 Å². The van der Waals surface area contributed by atoms with Crippen LogP contribution in [0, 0.1) is 0 Å². The lowest BCUT2D eigenvalue weighted by molar-refractivity contribution is -0.136. The first-order chi connectivity index (χ1) is 13.5. The molecule has 4 rings (SSSR count). The van der Waals surface area contributed by atoms with Crippen LogP contribution in [0.3, 0.4) is 0 Å². The molecule has 0 saturated carbocycles. The van der Waals surface area contributed by atoms with Crippen molar-refractivity contribution in [1.29, 1.82) is 0 Å². The van der Waals surface area contributed by atoms with E-state index in [1.807, 2.05) is 24.3 Å². The average molecular weight is 379 g/mol. The molecule has 0 bridgehead atoms. The third kappa shape index (κ3) is 2.91. The maximum Gasteiger partial charge on any atom is 0.336 e. The minimum atomic E-state index is -0.432. The number of nitrogens with zero attached hydrogens (tertiary/aromatic N) is 1. The Balaban J connectivity index is 1.79. The lowest BCUT2D eigenvalue weighted by Crippen LogP contribution is -2.37. The molecule has 144 valence electrons. The largest absolute Gasteiger partial charge is 0.504 e. The number of carbonyl (C=O) groups excluding carboxylic acids is 2. The molecule has 0 radical (unpaired) electrons. The molecule has 2 heterocycles. The van der Waals surface area contributed by atoms with Crippen molar-refractivity contribution in [3.63, 3.8) is 0 Å². The first kappa shape index (κ1) is 18.1. The molecule has 6 nitrogen and oxygen atoms in total. The molecule has 1 amide bonds. The molecule has 0 unspecified atom stereocenters. The predicted molar refractivity (Wildman–Crippen MR) is 103 cm³/mol. The van der Waals surface area contributed by atoms with Crippen LogP contribution in [-0.4, -0.2) is 30.7 Å². The van der Waals surface area contributed by atoms with Crippen LogP contribution in [0.15, 0.2) is 53.7 Å². The smallest absolute Gasteiger partial charge is 0.336 e. The first-order valence-corrected chi connectivity index (χ1v) is 9.22. The van der Waals surface area contributed by atoms with Crippen molar-refractivity contribution in [2.24, 2.45) is 0 Å². The number of phenolic OH excluding ortho intramolecular Hbond substituents is 1. The Hall–Kier alpha value is -3.28. The minimum absolute atomic E-state index is 0.00854. The van der Waals surface area contributed by atoms with E-state index in [0.717, 1.165) is 17.7 Å². The molecule has 0 spiro atoms. The fourth-order valence-electron chi connectivity index (χ4n) is 3.83. The molecule has 2 aromatic carbocycles. The number of esters is 1. The molecular formula is C22H21NO5. The van der Waals surface area contributed by atoms with E-state index in [4.69, 9.17) is 9.47 Å². The summed E-state index contributed by atoms with van der Waals surface area (Å²) in [5.41, 5.74) is 3.72. The fourth-order valence-corrected chi connectivity index (χ4v) is 3.83. The first-order valence-electron chi connectivity index (χ1n) is 9.22. The molecular weight excluding hydrogens is 358 g/mol. The highest BCUT2D eigenvalue weighted by Crippen LogP contribution is 2.43. The lowest BCUT2D eigenvalue weighted by Gasteiger charge is -2.32. The second kappa shape index (κ2) is 7.03. The highest BCUT2D eigenvalue weighted by molar-refractivity contribution is 6.06. The van der Waals surface area contributed by atoms with Crippen LogP contribution in [0.1, 0.15) is 30.4 Å². The van der Waals surface area contributed by atoms with Gasteiger partial charge in [0.05, 0.1) is 18.4 Å². The number of aryl methyl sites for hydroxylation is 1. The monoisotopic (exact) mass is 379 g/mol. The van der Waals surface area contributed by atoms with Crippen LogP contribution in [0.25, 0.3) is 0 Å². The second-order valence-corrected chi connectivity index (χ2v) is 6.87. The Morgan fingerprint density at radius 2 is 1.93 bits per heavy atom. The number of methoxy groups -OCH3 is 1. The Morgan fingerprint density at radius 3 is 2.61 bits per heavy atom. The molecule has 2 aromatic rings. The van der Waals surface area contributed by atoms with Crippen molar-refractivity contribution in [3.05, 3.63) is 64.9 Å². The van der Waals surface area contributed by atoms with E-state index >= 15 is 0 Å². The number of ether oxygens (including phenoxy) is 2. The second-order valence-electron chi connectivity index (χ2n) is 6.87. The standard InChI is InChI=1S/C22H21NO5/c1-3-13-4-7-15(8-5-13)23-17-12-28-22(26)21(17)16(11-20(23)25)14-6-9-18(24)19(10-14)27-2/h4-10,16,24H,3,11-12H2,1-2H3/t16-/m1/s1. The van der Waals surface area contributed by atoms with Gasteiger partial charge < -0.3 is 14.6 Å². The number of carbonyl (C=O) groups is 2. The topological polar surface area (TPSA) is 76.1 Å². The maximum atomic E-state index is 13.0. The van der Waals surface area contributed by atoms with Gasteiger partial charge in [0.15, 0.2) is 11.5 Å². The fraction of sp³-hybridized carbons (Fsp3) is 0.273. The van der Waals surface area contributed by atoms with Crippen molar-refractivity contribution < 1.29 is 24.2 Å². The number of benzene rings is 2. The van der Waals surface area contributed by atoms with Crippen LogP contribution in [-0.2, 0) is 20.7 Å². The van der Waals surface area contributed by atoms with Crippen LogP contribution >= 0.6 is 0 Å². The zero-order chi connectivity index (χ0) is 19.8. The third-order valence-electron chi connectivity index (χ3n) is 5.33. The number of hydrogen-bond donors (Lipinski definition) is 1. The van der Waals surface area contributed by atoms with E-state index in [1.54, 1.807) is 17.0 Å². The zero-order valence-electron chi connectivity index (χ0n) is 15.8. The Bertz CT molecular complexity index is 977. The van der Waals surface area contributed by atoms with E-state index < -0.39 is 11.9 Å². The Labute approximate surface area is 163 Å². The van der Waals surface area contributed by atoms with Gasteiger partial charge in [-0.1, -0.05) is 25.1 Å². The van der Waals surface area contributed by atoms with Gasteiger partial charge in [-0.3, -0.25) is 9.69 Å². The van der Waals surface area contributed by atoms with E-state index in [-0.39, 0.29) is 24.7 Å². The van der Waals surface area contributed by atoms with Crippen molar-refractivity contribution in [2.45, 2.75) is 25.7 Å². The number of anilines is 1. The molecule has 0 aliphatic carbocycles. The summed E-state index contributed by atoms with van der Waals surface area (Å²) in [6, 6.07) is 12.6. The molecule has 1 atom stereocenters. The van der Waals surface area contributed by atoms with E-state index in [2.05, 4.69) is 6.92 Å². The van der Waals surface area contributed by atoms with Gasteiger partial charge in [-0.2, -0.15) is 0 Å². The number of rotatable bonds is 4. The van der Waals surface area contributed by atoms with Crippen LogP contribution < -0.4 is 9.64 Å². The summed E-state index contributed by atoms with van der Waals surface area (Å²) in [6.45, 7) is 2.14. The molecule has 2 aliphatic heterocycles. The number of amides is 1. The van der Waals surface area contributed by atoms with Gasteiger partial charge in [0.1, 0.15) is 6.61 Å². The summed E-state index contributed by atoms with van der Waals surface area (Å²) >= 11 is 0. The molecule has 28 heavy (non-hydrogen) atoms. The predicted octanol–water partition coefficient (Wildman–Crippen LogP) is 3.29. The highest BCUT2D eigenvalue weighted by atomic mass is 16.5. The van der Waals surface area contributed by atoms with Crippen LogP contribution in [0.5, 0.6) is 11.5 Å². The number of aromatic hydroxyl groups is 1. The highest BCUT2D eigenvalue weighted by Gasteiger charge is 2.43.